The summed E-state index contributed by atoms with van der Waals surface area (Å²) in [6.45, 7) is 2.33. The topological polar surface area (TPSA) is 225 Å². The molecule has 15 nitrogen and oxygen atoms in total. The first-order chi connectivity index (χ1) is 20.1. The lowest BCUT2D eigenvalue weighted by Gasteiger charge is -2.33. The number of aryl methyl sites for hydroxylation is 1. The molecule has 3 aliphatic heterocycles. The lowest BCUT2D eigenvalue weighted by molar-refractivity contribution is -0.170. The Kier molecular flexibility index (Phi) is 11.4. The summed E-state index contributed by atoms with van der Waals surface area (Å²) in [5, 5.41) is 33.8. The molecule has 240 valence electrons. The van der Waals surface area contributed by atoms with Crippen molar-refractivity contribution in [2.45, 2.75) is 81.9 Å². The monoisotopic (exact) mass is 628 g/mol. The SMILES string of the molecule is CN(CC(=O)N1CCC(c2cc(=O)n3c(n2)CCCCC3)CC1)C1CCS(=O)(=O)C1.O=C(O)CC(O)(CC(=O)O)C(=O)O. The number of nitrogens with zero attached hydrogens (tertiary/aromatic N) is 4. The number of aliphatic hydroxyl groups is 1. The molecule has 2 fully saturated rings. The van der Waals surface area contributed by atoms with E-state index in [1.54, 1.807) is 6.07 Å². The minimum atomic E-state index is -2.95. The highest BCUT2D eigenvalue weighted by Gasteiger charge is 2.41. The van der Waals surface area contributed by atoms with E-state index >= 15 is 0 Å². The number of amides is 1. The van der Waals surface area contributed by atoms with Crippen LogP contribution in [0.25, 0.3) is 0 Å². The fourth-order valence-corrected chi connectivity index (χ4v) is 7.45. The van der Waals surface area contributed by atoms with Crippen LogP contribution in [0.2, 0.25) is 0 Å². The van der Waals surface area contributed by atoms with Gasteiger partial charge in [0.05, 0.1) is 36.6 Å². The summed E-state index contributed by atoms with van der Waals surface area (Å²) in [6.07, 6.45) is 4.06. The number of hydrogen-bond donors (Lipinski definition) is 4. The van der Waals surface area contributed by atoms with E-state index in [1.165, 1.54) is 0 Å². The molecule has 1 aromatic heterocycles. The summed E-state index contributed by atoms with van der Waals surface area (Å²) in [6, 6.07) is 1.64. The van der Waals surface area contributed by atoms with E-state index in [2.05, 4.69) is 0 Å². The van der Waals surface area contributed by atoms with Crippen LogP contribution < -0.4 is 5.56 Å². The summed E-state index contributed by atoms with van der Waals surface area (Å²) in [4.78, 5) is 64.3. The maximum Gasteiger partial charge on any atom is 0.336 e. The first kappa shape index (κ1) is 34.1. The highest BCUT2D eigenvalue weighted by atomic mass is 32.2. The van der Waals surface area contributed by atoms with Gasteiger partial charge in [-0.15, -0.1) is 0 Å². The van der Waals surface area contributed by atoms with Gasteiger partial charge in [0, 0.05) is 44.1 Å². The fraction of sp³-hybridized carbons (Fsp3) is 0.704. The largest absolute Gasteiger partial charge is 0.481 e. The Hall–Kier alpha value is -3.37. The quantitative estimate of drug-likeness (QED) is 0.272. The molecule has 1 amide bonds. The van der Waals surface area contributed by atoms with E-state index in [1.807, 2.05) is 21.4 Å². The number of rotatable bonds is 9. The number of aliphatic carboxylic acids is 3. The van der Waals surface area contributed by atoms with Crippen LogP contribution >= 0.6 is 0 Å². The predicted molar refractivity (Wildman–Crippen MR) is 151 cm³/mol. The maximum absolute atomic E-state index is 12.7. The van der Waals surface area contributed by atoms with E-state index in [-0.39, 0.29) is 41.5 Å². The molecule has 1 atom stereocenters. The van der Waals surface area contributed by atoms with Crippen molar-refractivity contribution in [2.75, 3.05) is 38.2 Å². The molecule has 4 N–H and O–H groups in total. The lowest BCUT2D eigenvalue weighted by atomic mass is 9.93. The summed E-state index contributed by atoms with van der Waals surface area (Å²) >= 11 is 0. The van der Waals surface area contributed by atoms with Crippen molar-refractivity contribution in [3.05, 3.63) is 27.9 Å². The minimum Gasteiger partial charge on any atom is -0.481 e. The number of hydrogen-bond acceptors (Lipinski definition) is 10. The van der Waals surface area contributed by atoms with E-state index in [9.17, 15) is 32.4 Å². The van der Waals surface area contributed by atoms with E-state index < -0.39 is 46.2 Å². The van der Waals surface area contributed by atoms with Crippen LogP contribution in [0.1, 0.15) is 68.8 Å². The molecule has 0 bridgehead atoms. The molecule has 0 spiro atoms. The molecule has 0 radical (unpaired) electrons. The summed E-state index contributed by atoms with van der Waals surface area (Å²) < 4.78 is 25.2. The first-order valence-corrected chi connectivity index (χ1v) is 16.1. The molecule has 43 heavy (non-hydrogen) atoms. The molecule has 0 aromatic carbocycles. The molecule has 1 aromatic rings. The molecule has 4 heterocycles. The second kappa shape index (κ2) is 14.4. The zero-order chi connectivity index (χ0) is 31.9. The second-order valence-corrected chi connectivity index (χ2v) is 13.7. The Bertz CT molecular complexity index is 1350. The average molecular weight is 629 g/mol. The Morgan fingerprint density at radius 2 is 1.63 bits per heavy atom. The van der Waals surface area contributed by atoms with Crippen molar-refractivity contribution in [2.24, 2.45) is 0 Å². The number of carbonyl (C=O) groups excluding carboxylic acids is 1. The van der Waals surface area contributed by atoms with E-state index in [0.29, 0.717) is 19.5 Å². The van der Waals surface area contributed by atoms with Crippen LogP contribution in [-0.2, 0) is 42.0 Å². The van der Waals surface area contributed by atoms with Crippen molar-refractivity contribution in [3.8, 4) is 0 Å². The second-order valence-electron chi connectivity index (χ2n) is 11.5. The first-order valence-electron chi connectivity index (χ1n) is 14.3. The zero-order valence-corrected chi connectivity index (χ0v) is 25.0. The van der Waals surface area contributed by atoms with Gasteiger partial charge in [-0.1, -0.05) is 6.42 Å². The van der Waals surface area contributed by atoms with Gasteiger partial charge in [0.15, 0.2) is 15.4 Å². The average Bonchev–Trinajstić information content (AvgIpc) is 3.11. The van der Waals surface area contributed by atoms with Crippen molar-refractivity contribution < 1.29 is 48.0 Å². The molecule has 3 aliphatic rings. The zero-order valence-electron chi connectivity index (χ0n) is 24.2. The van der Waals surface area contributed by atoms with Crippen LogP contribution in [0, 0.1) is 0 Å². The van der Waals surface area contributed by atoms with Crippen LogP contribution in [0.4, 0.5) is 0 Å². The number of likely N-dealkylation sites (N-methyl/N-ethyl adjacent to an activating group) is 1. The number of aromatic nitrogens is 2. The Balaban J connectivity index is 0.000000331. The lowest BCUT2D eigenvalue weighted by Crippen LogP contribution is -2.45. The van der Waals surface area contributed by atoms with Gasteiger partial charge in [-0.2, -0.15) is 0 Å². The van der Waals surface area contributed by atoms with Crippen molar-refractivity contribution in [1.29, 1.82) is 0 Å². The number of fused-ring (bicyclic) bond motifs is 1. The number of carboxylic acids is 3. The molecule has 0 saturated carbocycles. The van der Waals surface area contributed by atoms with E-state index in [0.717, 1.165) is 56.6 Å². The third-order valence-corrected chi connectivity index (χ3v) is 9.91. The van der Waals surface area contributed by atoms with Crippen LogP contribution in [0.3, 0.4) is 0 Å². The standard InChI is InChI=1S/C21H32N4O4S.C6H8O7/c1-23(17-8-12-30(28,29)15-17)14-21(27)24-10-6-16(7-11-24)18-13-20(26)25-9-4-2-3-5-19(25)22-18;7-3(8)1-6(13,5(11)12)2-4(9)10/h13,16-17H,2-12,14-15H2,1H3;13H,1-2H2,(H,7,8)(H,9,10)(H,11,12). The Labute approximate surface area is 249 Å². The number of carboxylic acid groups (broad SMARTS) is 3. The van der Waals surface area contributed by atoms with Crippen LogP contribution in [0.15, 0.2) is 10.9 Å². The Morgan fingerprint density at radius 3 is 2.16 bits per heavy atom. The molecular weight excluding hydrogens is 588 g/mol. The number of carbonyl (C=O) groups is 4. The third kappa shape index (κ3) is 9.56. The van der Waals surface area contributed by atoms with Gasteiger partial charge in [-0.05, 0) is 39.2 Å². The predicted octanol–water partition coefficient (Wildman–Crippen LogP) is -0.454. The summed E-state index contributed by atoms with van der Waals surface area (Å²) in [7, 11) is -1.12. The minimum absolute atomic E-state index is 0.0511. The normalized spacial score (nSPS) is 20.4. The van der Waals surface area contributed by atoms with E-state index in [4.69, 9.17) is 25.4 Å². The smallest absolute Gasteiger partial charge is 0.336 e. The van der Waals surface area contributed by atoms with Crippen LogP contribution in [-0.4, -0.2) is 122 Å². The van der Waals surface area contributed by atoms with Crippen molar-refractivity contribution in [1.82, 2.24) is 19.4 Å². The number of likely N-dealkylation sites (tertiary alicyclic amines) is 1. The highest BCUT2D eigenvalue weighted by molar-refractivity contribution is 7.91. The molecule has 1 unspecified atom stereocenters. The van der Waals surface area contributed by atoms with Gasteiger partial charge in [-0.3, -0.25) is 28.6 Å². The molecular formula is C27H40N4O11S. The summed E-state index contributed by atoms with van der Waals surface area (Å²) in [5.41, 5.74) is -1.80. The summed E-state index contributed by atoms with van der Waals surface area (Å²) in [5.74, 6) is -3.46. The van der Waals surface area contributed by atoms with Gasteiger partial charge in [0.1, 0.15) is 5.82 Å². The van der Waals surface area contributed by atoms with Gasteiger partial charge in [-0.25, -0.2) is 18.2 Å². The van der Waals surface area contributed by atoms with Crippen molar-refractivity contribution in [3.63, 3.8) is 0 Å². The highest BCUT2D eigenvalue weighted by Crippen LogP contribution is 2.27. The van der Waals surface area contributed by atoms with Gasteiger partial charge in [0.25, 0.3) is 5.56 Å². The molecule has 16 heteroatoms. The van der Waals surface area contributed by atoms with Crippen LogP contribution in [0.5, 0.6) is 0 Å². The third-order valence-electron chi connectivity index (χ3n) is 8.16. The van der Waals surface area contributed by atoms with Gasteiger partial charge >= 0.3 is 17.9 Å². The van der Waals surface area contributed by atoms with Gasteiger partial charge < -0.3 is 25.3 Å². The molecule has 4 rings (SSSR count). The number of sulfone groups is 1. The molecule has 0 aliphatic carbocycles. The molecule has 2 saturated heterocycles. The van der Waals surface area contributed by atoms with Crippen molar-refractivity contribution >= 4 is 33.7 Å². The fourth-order valence-electron chi connectivity index (χ4n) is 5.65. The van der Waals surface area contributed by atoms with Gasteiger partial charge in [0.2, 0.25) is 5.91 Å². The number of piperidine rings is 1. The Morgan fingerprint density at radius 1 is 1.00 bits per heavy atom. The maximum atomic E-state index is 12.7.